The summed E-state index contributed by atoms with van der Waals surface area (Å²) in [6, 6.07) is 15.5. The number of nitrogens with zero attached hydrogens (tertiary/aromatic N) is 2. The van der Waals surface area contributed by atoms with E-state index in [9.17, 15) is 4.79 Å². The number of anilines is 1. The summed E-state index contributed by atoms with van der Waals surface area (Å²) >= 11 is 7.73. The van der Waals surface area contributed by atoms with E-state index in [1.54, 1.807) is 11.0 Å². The third kappa shape index (κ3) is 4.49. The van der Waals surface area contributed by atoms with E-state index in [-0.39, 0.29) is 5.91 Å². The van der Waals surface area contributed by atoms with Gasteiger partial charge in [-0.1, -0.05) is 59.3 Å². The van der Waals surface area contributed by atoms with Crippen LogP contribution in [-0.4, -0.2) is 38.1 Å². The molecule has 2 aromatic carbocycles. The fourth-order valence-electron chi connectivity index (χ4n) is 2.48. The Morgan fingerprint density at radius 2 is 1.96 bits per heavy atom. The maximum absolute atomic E-state index is 12.9. The highest BCUT2D eigenvalue weighted by Crippen LogP contribution is 2.32. The van der Waals surface area contributed by atoms with Crippen molar-refractivity contribution in [2.24, 2.45) is 0 Å². The fourth-order valence-corrected chi connectivity index (χ4v) is 3.77. The molecule has 0 saturated carbocycles. The lowest BCUT2D eigenvalue weighted by molar-refractivity contribution is -0.856. The first kappa shape index (κ1) is 18.6. The standard InChI is InChI=1S/C20H20ClN3OS/c1-23(2)13-14-24(18(25)12-11-15-7-4-3-5-8-15)20-22-19-16(21)9-6-10-17(19)26-20/h3-12H,13-14H2,1-2H3/p+1/b12-11+. The van der Waals surface area contributed by atoms with Crippen LogP contribution >= 0.6 is 22.9 Å². The number of quaternary nitrogens is 1. The minimum atomic E-state index is -0.0784. The van der Waals surface area contributed by atoms with E-state index in [1.165, 1.54) is 16.2 Å². The number of nitrogens with one attached hydrogen (secondary N) is 1. The third-order valence-corrected chi connectivity index (χ3v) is 5.26. The lowest BCUT2D eigenvalue weighted by atomic mass is 10.2. The molecule has 0 radical (unpaired) electrons. The van der Waals surface area contributed by atoms with E-state index in [1.807, 2.05) is 54.6 Å². The van der Waals surface area contributed by atoms with Gasteiger partial charge < -0.3 is 4.90 Å². The highest BCUT2D eigenvalue weighted by Gasteiger charge is 2.19. The Bertz CT molecular complexity index is 921. The molecule has 3 aromatic rings. The topological polar surface area (TPSA) is 37.6 Å². The minimum Gasteiger partial charge on any atom is -0.338 e. The zero-order valence-corrected chi connectivity index (χ0v) is 16.3. The predicted octanol–water partition coefficient (Wildman–Crippen LogP) is 3.14. The number of para-hydroxylation sites is 1. The molecule has 3 rings (SSSR count). The predicted molar refractivity (Wildman–Crippen MR) is 110 cm³/mol. The average Bonchev–Trinajstić information content (AvgIpc) is 3.06. The zero-order chi connectivity index (χ0) is 18.5. The van der Waals surface area contributed by atoms with Gasteiger partial charge in [-0.2, -0.15) is 0 Å². The van der Waals surface area contributed by atoms with Crippen LogP contribution in [0.5, 0.6) is 0 Å². The van der Waals surface area contributed by atoms with Gasteiger partial charge >= 0.3 is 0 Å². The molecule has 0 bridgehead atoms. The fraction of sp³-hybridized carbons (Fsp3) is 0.200. The number of benzene rings is 2. The smallest absolute Gasteiger partial charge is 0.252 e. The number of carbonyl (C=O) groups excluding carboxylic acids is 1. The number of rotatable bonds is 6. The van der Waals surface area contributed by atoms with Crippen LogP contribution in [0, 0.1) is 0 Å². The van der Waals surface area contributed by atoms with Gasteiger partial charge in [-0.15, -0.1) is 0 Å². The van der Waals surface area contributed by atoms with E-state index in [0.717, 1.165) is 22.3 Å². The first-order valence-corrected chi connectivity index (χ1v) is 9.63. The summed E-state index contributed by atoms with van der Waals surface area (Å²) in [5, 5.41) is 1.28. The van der Waals surface area contributed by atoms with Gasteiger partial charge in [-0.25, -0.2) is 4.98 Å². The lowest BCUT2D eigenvalue weighted by Crippen LogP contribution is -3.06. The summed E-state index contributed by atoms with van der Waals surface area (Å²) < 4.78 is 0.981. The molecule has 0 aliphatic rings. The second-order valence-electron chi connectivity index (χ2n) is 6.27. The molecular formula is C20H21ClN3OS+. The monoisotopic (exact) mass is 386 g/mol. The number of halogens is 1. The van der Waals surface area contributed by atoms with Crippen molar-refractivity contribution in [1.29, 1.82) is 0 Å². The Labute approximate surface area is 162 Å². The summed E-state index contributed by atoms with van der Waals surface area (Å²) in [4.78, 5) is 20.5. The number of likely N-dealkylation sites (N-methyl/N-ethyl adjacent to an activating group) is 1. The van der Waals surface area contributed by atoms with E-state index >= 15 is 0 Å². The molecule has 134 valence electrons. The number of fused-ring (bicyclic) bond motifs is 1. The summed E-state index contributed by atoms with van der Waals surface area (Å²) in [6.45, 7) is 1.42. The Morgan fingerprint density at radius 3 is 2.65 bits per heavy atom. The molecule has 4 nitrogen and oxygen atoms in total. The Kier molecular flexibility index (Phi) is 6.04. The molecule has 0 aliphatic carbocycles. The van der Waals surface area contributed by atoms with Crippen molar-refractivity contribution in [3.8, 4) is 0 Å². The van der Waals surface area contributed by atoms with Gasteiger partial charge in [0, 0.05) is 6.08 Å². The van der Waals surface area contributed by atoms with Crippen LogP contribution in [0.4, 0.5) is 5.13 Å². The molecule has 0 saturated heterocycles. The average molecular weight is 387 g/mol. The molecule has 0 atom stereocenters. The molecule has 26 heavy (non-hydrogen) atoms. The van der Waals surface area contributed by atoms with Gasteiger partial charge in [0.2, 0.25) is 0 Å². The number of hydrogen-bond acceptors (Lipinski definition) is 3. The van der Waals surface area contributed by atoms with E-state index in [0.29, 0.717) is 16.7 Å². The van der Waals surface area contributed by atoms with Crippen LogP contribution in [0.25, 0.3) is 16.3 Å². The normalized spacial score (nSPS) is 11.5. The molecule has 0 unspecified atom stereocenters. The minimum absolute atomic E-state index is 0.0784. The molecule has 1 heterocycles. The van der Waals surface area contributed by atoms with Gasteiger partial charge in [-0.3, -0.25) is 9.69 Å². The SMILES string of the molecule is C[NH+](C)CCN(C(=O)/C=C/c1ccccc1)c1nc2c(Cl)cccc2s1. The van der Waals surface area contributed by atoms with Gasteiger partial charge in [0.05, 0.1) is 36.9 Å². The highest BCUT2D eigenvalue weighted by atomic mass is 35.5. The molecule has 0 fully saturated rings. The Balaban J connectivity index is 1.89. The largest absolute Gasteiger partial charge is 0.338 e. The van der Waals surface area contributed by atoms with Crippen LogP contribution in [0.1, 0.15) is 5.56 Å². The van der Waals surface area contributed by atoms with Crippen LogP contribution in [-0.2, 0) is 4.79 Å². The van der Waals surface area contributed by atoms with Crippen molar-refractivity contribution < 1.29 is 9.69 Å². The van der Waals surface area contributed by atoms with E-state index in [2.05, 4.69) is 19.1 Å². The molecule has 1 N–H and O–H groups in total. The van der Waals surface area contributed by atoms with Gasteiger partial charge in [-0.05, 0) is 23.8 Å². The van der Waals surface area contributed by atoms with Crippen molar-refractivity contribution in [3.05, 3.63) is 65.2 Å². The second kappa shape index (κ2) is 8.45. The molecule has 0 spiro atoms. The molecule has 0 aliphatic heterocycles. The van der Waals surface area contributed by atoms with Crippen molar-refractivity contribution in [2.75, 3.05) is 32.1 Å². The zero-order valence-electron chi connectivity index (χ0n) is 14.8. The molecule has 6 heteroatoms. The number of aromatic nitrogens is 1. The maximum atomic E-state index is 12.9. The maximum Gasteiger partial charge on any atom is 0.252 e. The van der Waals surface area contributed by atoms with Gasteiger partial charge in [0.25, 0.3) is 5.91 Å². The quantitative estimate of drug-likeness (QED) is 0.661. The van der Waals surface area contributed by atoms with Crippen molar-refractivity contribution in [1.82, 2.24) is 4.98 Å². The number of thiazole rings is 1. The Hall–Kier alpha value is -2.21. The van der Waals surface area contributed by atoms with Crippen LogP contribution < -0.4 is 9.80 Å². The van der Waals surface area contributed by atoms with Crippen molar-refractivity contribution in [3.63, 3.8) is 0 Å². The van der Waals surface area contributed by atoms with Gasteiger partial charge in [0.1, 0.15) is 5.52 Å². The number of carbonyl (C=O) groups is 1. The summed E-state index contributed by atoms with van der Waals surface area (Å²) in [6.07, 6.45) is 3.44. The highest BCUT2D eigenvalue weighted by molar-refractivity contribution is 7.22. The van der Waals surface area contributed by atoms with Crippen LogP contribution in [0.15, 0.2) is 54.6 Å². The summed E-state index contributed by atoms with van der Waals surface area (Å²) in [7, 11) is 4.13. The van der Waals surface area contributed by atoms with E-state index < -0.39 is 0 Å². The first-order chi connectivity index (χ1) is 12.5. The van der Waals surface area contributed by atoms with Crippen molar-refractivity contribution >= 4 is 50.3 Å². The summed E-state index contributed by atoms with van der Waals surface area (Å²) in [5.74, 6) is -0.0784. The van der Waals surface area contributed by atoms with Crippen LogP contribution in [0.2, 0.25) is 5.02 Å². The Morgan fingerprint density at radius 1 is 1.19 bits per heavy atom. The lowest BCUT2D eigenvalue weighted by Gasteiger charge is -2.19. The molecule has 1 amide bonds. The second-order valence-corrected chi connectivity index (χ2v) is 7.69. The van der Waals surface area contributed by atoms with E-state index in [4.69, 9.17) is 11.6 Å². The number of hydrogen-bond donors (Lipinski definition) is 1. The molecule has 1 aromatic heterocycles. The number of amides is 1. The first-order valence-electron chi connectivity index (χ1n) is 8.43. The summed E-state index contributed by atoms with van der Waals surface area (Å²) in [5.41, 5.74) is 1.74. The van der Waals surface area contributed by atoms with Gasteiger partial charge in [0.15, 0.2) is 5.13 Å². The third-order valence-electron chi connectivity index (χ3n) is 3.91. The molecular weight excluding hydrogens is 366 g/mol. The van der Waals surface area contributed by atoms with Crippen molar-refractivity contribution in [2.45, 2.75) is 0 Å². The van der Waals surface area contributed by atoms with Crippen LogP contribution in [0.3, 0.4) is 0 Å².